The summed E-state index contributed by atoms with van der Waals surface area (Å²) in [6.45, 7) is 4.67. The Labute approximate surface area is 145 Å². The molecule has 1 N–H and O–H groups in total. The van der Waals surface area contributed by atoms with Crippen LogP contribution in [0.25, 0.3) is 0 Å². The van der Waals surface area contributed by atoms with Crippen LogP contribution in [0.5, 0.6) is 0 Å². The molecule has 4 nitrogen and oxygen atoms in total. The predicted octanol–water partition coefficient (Wildman–Crippen LogP) is 3.55. The van der Waals surface area contributed by atoms with Crippen LogP contribution in [0.3, 0.4) is 0 Å². The minimum atomic E-state index is -0.582. The average Bonchev–Trinajstić information content (AvgIpc) is 2.89. The van der Waals surface area contributed by atoms with Crippen LogP contribution >= 0.6 is 0 Å². The summed E-state index contributed by atoms with van der Waals surface area (Å²) < 4.78 is 0. The summed E-state index contributed by atoms with van der Waals surface area (Å²) in [5, 5.41) is 9.67. The minimum absolute atomic E-state index is 0.00736. The molecule has 4 aliphatic rings. The number of aliphatic carboxylic acids is 1. The molecule has 4 rings (SSSR count). The molecule has 3 saturated carbocycles. The molecular weight excluding hydrogens is 302 g/mol. The van der Waals surface area contributed by atoms with E-state index in [4.69, 9.17) is 0 Å². The number of likely N-dealkylation sites (tertiary alicyclic amines) is 1. The molecule has 4 fully saturated rings. The smallest absolute Gasteiger partial charge is 0.307 e. The monoisotopic (exact) mass is 333 g/mol. The molecule has 0 aromatic carbocycles. The number of hydrogen-bond donors (Lipinski definition) is 1. The first-order valence-corrected chi connectivity index (χ1v) is 9.77. The standard InChI is InChI=1S/C20H31NO3/c1-19-10-8-14-12(13(19)5-6-15(19)18(23)24)4-7-16-20(14,2)11-9-17(22)21(16)3/h12-16H,4-11H2,1-3H3,(H,23,24)/t12-,13+,14+,15-,16?,19+,20-/m1/s1. The Morgan fingerprint density at radius 3 is 2.46 bits per heavy atom. The van der Waals surface area contributed by atoms with Gasteiger partial charge in [0, 0.05) is 19.5 Å². The summed E-state index contributed by atoms with van der Waals surface area (Å²) >= 11 is 0. The van der Waals surface area contributed by atoms with Crippen molar-refractivity contribution in [1.82, 2.24) is 4.90 Å². The van der Waals surface area contributed by atoms with Gasteiger partial charge in [0.2, 0.25) is 5.91 Å². The number of carbonyl (C=O) groups excluding carboxylic acids is 1. The lowest BCUT2D eigenvalue weighted by molar-refractivity contribution is -0.163. The topological polar surface area (TPSA) is 57.6 Å². The van der Waals surface area contributed by atoms with Crippen molar-refractivity contribution in [3.8, 4) is 0 Å². The van der Waals surface area contributed by atoms with E-state index in [1.807, 2.05) is 11.9 Å². The maximum absolute atomic E-state index is 12.2. The lowest BCUT2D eigenvalue weighted by Crippen LogP contribution is -2.61. The van der Waals surface area contributed by atoms with Gasteiger partial charge in [-0.15, -0.1) is 0 Å². The number of piperidine rings is 1. The van der Waals surface area contributed by atoms with E-state index >= 15 is 0 Å². The van der Waals surface area contributed by atoms with E-state index in [0.717, 1.165) is 38.5 Å². The van der Waals surface area contributed by atoms with Crippen molar-refractivity contribution in [3.63, 3.8) is 0 Å². The fourth-order valence-electron chi connectivity index (χ4n) is 7.56. The second-order valence-electron chi connectivity index (χ2n) is 9.49. The van der Waals surface area contributed by atoms with E-state index in [2.05, 4.69) is 13.8 Å². The zero-order chi connectivity index (χ0) is 17.3. The molecule has 0 bridgehead atoms. The molecule has 1 heterocycles. The van der Waals surface area contributed by atoms with Gasteiger partial charge in [-0.1, -0.05) is 13.8 Å². The van der Waals surface area contributed by atoms with Crippen LogP contribution in [0.15, 0.2) is 0 Å². The summed E-state index contributed by atoms with van der Waals surface area (Å²) in [5.41, 5.74) is 0.223. The third-order valence-electron chi connectivity index (χ3n) is 8.86. The van der Waals surface area contributed by atoms with Gasteiger partial charge >= 0.3 is 5.97 Å². The zero-order valence-corrected chi connectivity index (χ0v) is 15.3. The van der Waals surface area contributed by atoms with E-state index in [9.17, 15) is 14.7 Å². The Hall–Kier alpha value is -1.06. The van der Waals surface area contributed by atoms with E-state index in [0.29, 0.717) is 36.1 Å². The Bertz CT molecular complexity index is 575. The van der Waals surface area contributed by atoms with Crippen LogP contribution in [-0.2, 0) is 9.59 Å². The number of nitrogens with zero attached hydrogens (tertiary/aromatic N) is 1. The zero-order valence-electron chi connectivity index (χ0n) is 15.3. The van der Waals surface area contributed by atoms with E-state index in [-0.39, 0.29) is 16.7 Å². The maximum Gasteiger partial charge on any atom is 0.307 e. The fraction of sp³-hybridized carbons (Fsp3) is 0.900. The SMILES string of the molecule is CN1C(=O)CC[C@@]2(C)C1CC[C@@H]1[C@@H]3CC[C@H](C(=O)O)[C@@]3(C)CC[C@@H]12. The van der Waals surface area contributed by atoms with Gasteiger partial charge in [-0.2, -0.15) is 0 Å². The largest absolute Gasteiger partial charge is 0.481 e. The Balaban J connectivity index is 1.64. The van der Waals surface area contributed by atoms with Gasteiger partial charge in [0.05, 0.1) is 5.92 Å². The second kappa shape index (κ2) is 5.22. The molecule has 24 heavy (non-hydrogen) atoms. The minimum Gasteiger partial charge on any atom is -0.481 e. The highest BCUT2D eigenvalue weighted by molar-refractivity contribution is 5.77. The van der Waals surface area contributed by atoms with Crippen molar-refractivity contribution in [2.24, 2.45) is 34.5 Å². The van der Waals surface area contributed by atoms with Crippen LogP contribution in [0.2, 0.25) is 0 Å². The summed E-state index contributed by atoms with van der Waals surface area (Å²) in [7, 11) is 1.99. The Kier molecular flexibility index (Phi) is 3.57. The number of rotatable bonds is 1. The van der Waals surface area contributed by atoms with Gasteiger partial charge in [0.1, 0.15) is 0 Å². The lowest BCUT2D eigenvalue weighted by Gasteiger charge is -2.61. The normalized spacial score (nSPS) is 50.9. The number of amides is 1. The van der Waals surface area contributed by atoms with E-state index < -0.39 is 5.97 Å². The predicted molar refractivity (Wildman–Crippen MR) is 91.3 cm³/mol. The summed E-state index contributed by atoms with van der Waals surface area (Å²) in [5.74, 6) is 1.47. The number of hydrogen-bond acceptors (Lipinski definition) is 2. The van der Waals surface area contributed by atoms with Crippen LogP contribution in [0.1, 0.15) is 65.2 Å². The molecule has 0 aromatic heterocycles. The van der Waals surface area contributed by atoms with Crippen LogP contribution in [0.4, 0.5) is 0 Å². The van der Waals surface area contributed by atoms with Crippen molar-refractivity contribution < 1.29 is 14.7 Å². The van der Waals surface area contributed by atoms with Crippen molar-refractivity contribution >= 4 is 11.9 Å². The summed E-state index contributed by atoms with van der Waals surface area (Å²) in [6, 6.07) is 0.390. The Morgan fingerprint density at radius 1 is 1.04 bits per heavy atom. The van der Waals surface area contributed by atoms with E-state index in [1.54, 1.807) is 0 Å². The second-order valence-corrected chi connectivity index (χ2v) is 9.49. The van der Waals surface area contributed by atoms with Crippen molar-refractivity contribution in [1.29, 1.82) is 0 Å². The van der Waals surface area contributed by atoms with Gasteiger partial charge in [-0.25, -0.2) is 0 Å². The quantitative estimate of drug-likeness (QED) is 0.798. The Morgan fingerprint density at radius 2 is 1.75 bits per heavy atom. The molecule has 7 atom stereocenters. The average molecular weight is 333 g/mol. The molecule has 0 radical (unpaired) electrons. The first-order chi connectivity index (χ1) is 11.3. The van der Waals surface area contributed by atoms with Crippen LogP contribution in [0, 0.1) is 34.5 Å². The highest BCUT2D eigenvalue weighted by Gasteiger charge is 2.62. The molecule has 3 aliphatic carbocycles. The molecule has 1 amide bonds. The van der Waals surface area contributed by atoms with Gasteiger partial charge in [-0.05, 0) is 73.5 Å². The van der Waals surface area contributed by atoms with Crippen molar-refractivity contribution in [2.75, 3.05) is 7.05 Å². The third kappa shape index (κ3) is 1.97. The molecule has 4 heteroatoms. The molecule has 1 aliphatic heterocycles. The number of fused-ring (bicyclic) bond motifs is 5. The highest BCUT2D eigenvalue weighted by Crippen LogP contribution is 2.66. The number of carboxylic acid groups (broad SMARTS) is 1. The maximum atomic E-state index is 12.2. The molecule has 0 spiro atoms. The molecule has 1 saturated heterocycles. The molecule has 1 unspecified atom stereocenters. The number of carbonyl (C=O) groups is 2. The number of carboxylic acids is 1. The van der Waals surface area contributed by atoms with Crippen molar-refractivity contribution in [2.45, 2.75) is 71.3 Å². The van der Waals surface area contributed by atoms with Gasteiger partial charge < -0.3 is 10.0 Å². The lowest BCUT2D eigenvalue weighted by atomic mass is 9.47. The first-order valence-electron chi connectivity index (χ1n) is 9.77. The fourth-order valence-corrected chi connectivity index (χ4v) is 7.56. The van der Waals surface area contributed by atoms with E-state index in [1.165, 1.54) is 6.42 Å². The van der Waals surface area contributed by atoms with Gasteiger partial charge in [0.25, 0.3) is 0 Å². The molecule has 134 valence electrons. The van der Waals surface area contributed by atoms with Crippen LogP contribution in [-0.4, -0.2) is 35.0 Å². The van der Waals surface area contributed by atoms with Gasteiger partial charge in [-0.3, -0.25) is 9.59 Å². The van der Waals surface area contributed by atoms with Gasteiger partial charge in [0.15, 0.2) is 0 Å². The summed E-state index contributed by atoms with van der Waals surface area (Å²) in [4.78, 5) is 25.9. The van der Waals surface area contributed by atoms with Crippen LogP contribution < -0.4 is 0 Å². The van der Waals surface area contributed by atoms with Crippen molar-refractivity contribution in [3.05, 3.63) is 0 Å². The third-order valence-corrected chi connectivity index (χ3v) is 8.86. The molecule has 0 aromatic rings. The molecular formula is C20H31NO3. The highest BCUT2D eigenvalue weighted by atomic mass is 16.4. The summed E-state index contributed by atoms with van der Waals surface area (Å²) in [6.07, 6.45) is 8.13. The first kappa shape index (κ1) is 16.4.